The summed E-state index contributed by atoms with van der Waals surface area (Å²) in [5, 5.41) is 6.44. The molecule has 5 rings (SSSR count). The van der Waals surface area contributed by atoms with Crippen LogP contribution in [0.4, 0.5) is 16.2 Å². The van der Waals surface area contributed by atoms with Crippen LogP contribution in [0.5, 0.6) is 0 Å². The number of allylic oxidation sites excluding steroid dienone is 1. The fourth-order valence-corrected chi connectivity index (χ4v) is 4.57. The Kier molecular flexibility index (Phi) is 5.31. The van der Waals surface area contributed by atoms with Gasteiger partial charge in [0.2, 0.25) is 0 Å². The van der Waals surface area contributed by atoms with E-state index in [2.05, 4.69) is 10.6 Å². The van der Waals surface area contributed by atoms with Crippen molar-refractivity contribution in [2.75, 3.05) is 16.8 Å². The van der Waals surface area contributed by atoms with Gasteiger partial charge in [-0.3, -0.25) is 9.69 Å². The monoisotopic (exact) mass is 431 g/mol. The first-order chi connectivity index (χ1) is 15.7. The summed E-state index contributed by atoms with van der Waals surface area (Å²) in [7, 11) is 0. The van der Waals surface area contributed by atoms with E-state index in [0.717, 1.165) is 23.6 Å². The van der Waals surface area contributed by atoms with Crippen LogP contribution in [-0.2, 0) is 4.79 Å². The van der Waals surface area contributed by atoms with Crippen molar-refractivity contribution in [3.8, 4) is 0 Å². The Morgan fingerprint density at radius 3 is 2.53 bits per heavy atom. The number of ketones is 1. The Labute approximate surface area is 186 Å². The zero-order valence-corrected chi connectivity index (χ0v) is 17.8. The molecule has 0 fully saturated rings. The summed E-state index contributed by atoms with van der Waals surface area (Å²) in [6.07, 6.45) is 4.92. The van der Waals surface area contributed by atoms with Gasteiger partial charge in [0.15, 0.2) is 5.78 Å². The summed E-state index contributed by atoms with van der Waals surface area (Å²) in [6, 6.07) is 14.0. The minimum atomic E-state index is -0.668. The molecule has 32 heavy (non-hydrogen) atoms. The summed E-state index contributed by atoms with van der Waals surface area (Å²) in [5.41, 5.74) is 2.82. The highest BCUT2D eigenvalue weighted by Gasteiger charge is 2.43. The summed E-state index contributed by atoms with van der Waals surface area (Å²) >= 11 is 0. The third-order valence-corrected chi connectivity index (χ3v) is 5.99. The first kappa shape index (κ1) is 20.2. The average molecular weight is 431 g/mol. The number of carbonyl (C=O) groups is 2. The van der Waals surface area contributed by atoms with E-state index >= 15 is 0 Å². The van der Waals surface area contributed by atoms with Gasteiger partial charge in [-0.15, -0.1) is 0 Å². The number of benzene rings is 1. The Morgan fingerprint density at radius 2 is 1.81 bits per heavy atom. The number of nitrogens with one attached hydrogen (secondary N) is 2. The van der Waals surface area contributed by atoms with E-state index < -0.39 is 6.04 Å². The van der Waals surface area contributed by atoms with Crippen LogP contribution in [0.2, 0.25) is 0 Å². The number of amides is 2. The number of rotatable bonds is 4. The van der Waals surface area contributed by atoms with Gasteiger partial charge in [-0.05, 0) is 49.2 Å². The molecule has 0 unspecified atom stereocenters. The molecule has 3 aromatic rings. The van der Waals surface area contributed by atoms with Gasteiger partial charge in [0, 0.05) is 30.2 Å². The maximum atomic E-state index is 13.6. The van der Waals surface area contributed by atoms with Crippen molar-refractivity contribution >= 4 is 23.2 Å². The second-order valence-corrected chi connectivity index (χ2v) is 8.10. The lowest BCUT2D eigenvalue weighted by atomic mass is 9.81. The van der Waals surface area contributed by atoms with Crippen LogP contribution in [0.25, 0.3) is 0 Å². The van der Waals surface area contributed by atoms with E-state index in [9.17, 15) is 9.59 Å². The number of carbonyl (C=O) groups excluding carboxylic acids is 2. The Hall–Kier alpha value is -3.74. The number of fused-ring (bicyclic) bond motifs is 1. The van der Waals surface area contributed by atoms with E-state index in [-0.39, 0.29) is 17.7 Å². The molecule has 0 bridgehead atoms. The van der Waals surface area contributed by atoms with Crippen LogP contribution >= 0.6 is 0 Å². The maximum Gasteiger partial charge on any atom is 0.322 e. The number of nitrogens with zero attached hydrogens (tertiary/aromatic N) is 1. The molecule has 0 saturated carbocycles. The molecule has 1 aromatic carbocycles. The second-order valence-electron chi connectivity index (χ2n) is 8.10. The van der Waals surface area contributed by atoms with Crippen LogP contribution in [0, 0.1) is 0 Å². The van der Waals surface area contributed by atoms with E-state index in [1.165, 1.54) is 0 Å². The zero-order chi connectivity index (χ0) is 22.1. The maximum absolute atomic E-state index is 13.6. The summed E-state index contributed by atoms with van der Waals surface area (Å²) in [4.78, 5) is 28.6. The van der Waals surface area contributed by atoms with Crippen molar-refractivity contribution in [1.82, 2.24) is 5.32 Å². The van der Waals surface area contributed by atoms with Crippen LogP contribution in [0.15, 0.2) is 81.2 Å². The lowest BCUT2D eigenvalue weighted by Gasteiger charge is -2.33. The fraction of sp³-hybridized carbons (Fsp3) is 0.280. The third kappa shape index (κ3) is 3.49. The summed E-state index contributed by atoms with van der Waals surface area (Å²) in [5.74, 6) is 1.25. The molecule has 3 heterocycles. The molecule has 0 saturated heterocycles. The highest BCUT2D eigenvalue weighted by atomic mass is 16.3. The summed E-state index contributed by atoms with van der Waals surface area (Å²) in [6.45, 7) is 2.54. The molecule has 2 aromatic heterocycles. The smallest absolute Gasteiger partial charge is 0.322 e. The van der Waals surface area contributed by atoms with Crippen molar-refractivity contribution in [3.05, 3.63) is 83.8 Å². The molecule has 1 aliphatic carbocycles. The number of Topliss-reactive ketones (excluding diaryl/α,β-unsaturated/α-hetero) is 1. The molecular weight excluding hydrogens is 406 g/mol. The highest BCUT2D eigenvalue weighted by molar-refractivity contribution is 6.05. The number of para-hydroxylation sites is 2. The van der Waals surface area contributed by atoms with Gasteiger partial charge < -0.3 is 19.5 Å². The van der Waals surface area contributed by atoms with Gasteiger partial charge >= 0.3 is 6.03 Å². The predicted molar refractivity (Wildman–Crippen MR) is 120 cm³/mol. The molecular formula is C25H25N3O4. The number of hydrogen-bond donors (Lipinski definition) is 2. The van der Waals surface area contributed by atoms with Crippen molar-refractivity contribution < 1.29 is 18.4 Å². The number of furan rings is 2. The normalized spacial score (nSPS) is 20.3. The first-order valence-corrected chi connectivity index (χ1v) is 10.9. The average Bonchev–Trinajstić information content (AvgIpc) is 3.49. The molecule has 7 nitrogen and oxygen atoms in total. The lowest BCUT2D eigenvalue weighted by molar-refractivity contribution is -0.116. The lowest BCUT2D eigenvalue weighted by Crippen LogP contribution is -2.44. The number of anilines is 2. The van der Waals surface area contributed by atoms with Gasteiger partial charge in [-0.1, -0.05) is 19.1 Å². The molecule has 0 spiro atoms. The van der Waals surface area contributed by atoms with E-state index in [4.69, 9.17) is 8.83 Å². The highest BCUT2D eigenvalue weighted by Crippen LogP contribution is 2.47. The van der Waals surface area contributed by atoms with Crippen LogP contribution < -0.4 is 15.5 Å². The van der Waals surface area contributed by atoms with Crippen molar-refractivity contribution in [1.29, 1.82) is 0 Å². The Morgan fingerprint density at radius 1 is 1.06 bits per heavy atom. The zero-order valence-electron chi connectivity index (χ0n) is 17.8. The van der Waals surface area contributed by atoms with Crippen molar-refractivity contribution in [2.24, 2.45) is 0 Å². The Bertz CT molecular complexity index is 1150. The van der Waals surface area contributed by atoms with Gasteiger partial charge in [0.25, 0.3) is 0 Å². The Balaban J connectivity index is 1.67. The van der Waals surface area contributed by atoms with E-state index in [1.807, 2.05) is 49.4 Å². The molecule has 2 aliphatic rings. The van der Waals surface area contributed by atoms with Crippen LogP contribution in [0.1, 0.15) is 49.7 Å². The standard InChI is InChI=1S/C25H25N3O4/c1-2-11-26-25(30)28-19-8-4-3-7-17(19)27-18-14-16(21-9-5-12-31-21)15-20(29)23(18)24(28)22-10-6-13-32-22/h3-10,12-13,16,24,27H,2,11,14-15H2,1H3,(H,26,30)/t16-,24-/m1/s1. The first-order valence-electron chi connectivity index (χ1n) is 10.9. The minimum Gasteiger partial charge on any atom is -0.469 e. The quantitative estimate of drug-likeness (QED) is 0.580. The number of hydrogen-bond acceptors (Lipinski definition) is 5. The summed E-state index contributed by atoms with van der Waals surface area (Å²) < 4.78 is 11.4. The minimum absolute atomic E-state index is 0.0253. The number of urea groups is 1. The topological polar surface area (TPSA) is 87.7 Å². The van der Waals surface area contributed by atoms with Crippen molar-refractivity contribution in [2.45, 2.75) is 38.1 Å². The van der Waals surface area contributed by atoms with Gasteiger partial charge in [-0.2, -0.15) is 0 Å². The molecule has 0 radical (unpaired) electrons. The van der Waals surface area contributed by atoms with Gasteiger partial charge in [0.1, 0.15) is 17.6 Å². The SMILES string of the molecule is CCCNC(=O)N1c2ccccc2NC2=C(C(=O)C[C@H](c3ccco3)C2)[C@H]1c1ccco1. The fourth-order valence-electron chi connectivity index (χ4n) is 4.57. The van der Waals surface area contributed by atoms with Crippen LogP contribution in [-0.4, -0.2) is 18.4 Å². The molecule has 2 N–H and O–H groups in total. The largest absolute Gasteiger partial charge is 0.469 e. The van der Waals surface area contributed by atoms with E-state index in [0.29, 0.717) is 36.4 Å². The second kappa shape index (κ2) is 8.42. The van der Waals surface area contributed by atoms with Gasteiger partial charge in [-0.25, -0.2) is 4.79 Å². The molecule has 2 atom stereocenters. The predicted octanol–water partition coefficient (Wildman–Crippen LogP) is 5.37. The molecule has 7 heteroatoms. The molecule has 1 aliphatic heterocycles. The van der Waals surface area contributed by atoms with E-state index in [1.54, 1.807) is 23.5 Å². The third-order valence-electron chi connectivity index (χ3n) is 5.99. The van der Waals surface area contributed by atoms with Gasteiger partial charge in [0.05, 0.1) is 23.9 Å². The van der Waals surface area contributed by atoms with Crippen molar-refractivity contribution in [3.63, 3.8) is 0 Å². The van der Waals surface area contributed by atoms with Crippen LogP contribution in [0.3, 0.4) is 0 Å². The molecule has 2 amide bonds. The molecule has 164 valence electrons.